The van der Waals surface area contributed by atoms with E-state index in [2.05, 4.69) is 5.32 Å². The maximum absolute atomic E-state index is 12.3. The molecule has 0 bridgehead atoms. The average Bonchev–Trinajstić information content (AvgIpc) is 2.17. The molecule has 0 saturated carbocycles. The zero-order chi connectivity index (χ0) is 11.3. The van der Waals surface area contributed by atoms with Gasteiger partial charge in [0.2, 0.25) is 0 Å². The molecule has 0 atom stereocenters. The smallest absolute Gasteiger partial charge is 0.361 e. The minimum Gasteiger partial charge on any atom is -0.361 e. The van der Waals surface area contributed by atoms with Crippen molar-refractivity contribution >= 4 is 5.69 Å². The van der Waals surface area contributed by atoms with Crippen LogP contribution in [-0.4, -0.2) is 0 Å². The molecule has 2 nitrogen and oxygen atoms in total. The number of nitrogens with zero attached hydrogens (tertiary/aromatic N) is 1. The molecule has 0 heterocycles. The molecule has 0 unspecified atom stereocenters. The number of alkyl halides is 3. The fraction of sp³-hybridized carbons (Fsp3) is 0.100. The largest absolute Gasteiger partial charge is 0.416 e. The first-order chi connectivity index (χ1) is 7.04. The first-order valence-electron chi connectivity index (χ1n) is 4.02. The molecule has 0 aliphatic rings. The van der Waals surface area contributed by atoms with Crippen molar-refractivity contribution in [3.63, 3.8) is 0 Å². The second-order valence-corrected chi connectivity index (χ2v) is 2.69. The van der Waals surface area contributed by atoms with Crippen LogP contribution in [0.25, 0.3) is 0 Å². The van der Waals surface area contributed by atoms with Gasteiger partial charge in [-0.2, -0.15) is 18.4 Å². The van der Waals surface area contributed by atoms with Crippen LogP contribution < -0.4 is 5.32 Å². The molecule has 0 fully saturated rings. The summed E-state index contributed by atoms with van der Waals surface area (Å²) in [6.07, 6.45) is -1.94. The Morgan fingerprint density at radius 2 is 2.07 bits per heavy atom. The van der Waals surface area contributed by atoms with Gasteiger partial charge in [0.25, 0.3) is 0 Å². The minimum absolute atomic E-state index is 0.288. The fourth-order valence-electron chi connectivity index (χ4n) is 0.960. The van der Waals surface area contributed by atoms with Crippen molar-refractivity contribution in [2.75, 3.05) is 5.32 Å². The number of hydrogen-bond acceptors (Lipinski definition) is 2. The van der Waals surface area contributed by atoms with Crippen molar-refractivity contribution in [3.05, 3.63) is 42.1 Å². The lowest BCUT2D eigenvalue weighted by molar-refractivity contribution is -0.137. The normalized spacial score (nSPS) is 11.3. The molecule has 0 aromatic heterocycles. The molecule has 0 radical (unpaired) electrons. The Bertz CT molecular complexity index is 402. The standard InChI is InChI=1S/C10H7F3N2/c11-10(12,13)8-3-1-4-9(7-8)15-6-2-5-14/h1-4,6-7,15H. The van der Waals surface area contributed by atoms with Crippen LogP contribution in [0.3, 0.4) is 0 Å². The molecule has 0 aliphatic heterocycles. The third kappa shape index (κ3) is 3.35. The van der Waals surface area contributed by atoms with E-state index >= 15 is 0 Å². The van der Waals surface area contributed by atoms with Gasteiger partial charge in [-0.1, -0.05) is 6.07 Å². The number of anilines is 1. The molecule has 1 aromatic carbocycles. The monoisotopic (exact) mass is 212 g/mol. The van der Waals surface area contributed by atoms with Crippen molar-refractivity contribution < 1.29 is 13.2 Å². The summed E-state index contributed by atoms with van der Waals surface area (Å²) >= 11 is 0. The minimum atomic E-state index is -4.35. The van der Waals surface area contributed by atoms with Crippen LogP contribution in [0.15, 0.2) is 36.5 Å². The Labute approximate surface area is 84.6 Å². The molecule has 78 valence electrons. The van der Waals surface area contributed by atoms with E-state index < -0.39 is 11.7 Å². The van der Waals surface area contributed by atoms with E-state index in [1.165, 1.54) is 18.3 Å². The Morgan fingerprint density at radius 1 is 1.33 bits per heavy atom. The highest BCUT2D eigenvalue weighted by Crippen LogP contribution is 2.30. The highest BCUT2D eigenvalue weighted by Gasteiger charge is 2.30. The number of allylic oxidation sites excluding steroid dienone is 1. The van der Waals surface area contributed by atoms with Crippen LogP contribution in [-0.2, 0) is 6.18 Å². The molecule has 5 heteroatoms. The van der Waals surface area contributed by atoms with Crippen LogP contribution in [0, 0.1) is 11.3 Å². The zero-order valence-corrected chi connectivity index (χ0v) is 7.55. The molecule has 15 heavy (non-hydrogen) atoms. The van der Waals surface area contributed by atoms with Crippen LogP contribution in [0.4, 0.5) is 18.9 Å². The lowest BCUT2D eigenvalue weighted by Gasteiger charge is -2.08. The van der Waals surface area contributed by atoms with E-state index in [0.29, 0.717) is 0 Å². The second kappa shape index (κ2) is 4.51. The molecule has 0 saturated heterocycles. The van der Waals surface area contributed by atoms with Gasteiger partial charge in [-0.25, -0.2) is 0 Å². The maximum atomic E-state index is 12.3. The topological polar surface area (TPSA) is 35.8 Å². The number of hydrogen-bond donors (Lipinski definition) is 1. The van der Waals surface area contributed by atoms with Crippen LogP contribution >= 0.6 is 0 Å². The summed E-state index contributed by atoms with van der Waals surface area (Å²) in [5.74, 6) is 0. The number of rotatable bonds is 2. The van der Waals surface area contributed by atoms with E-state index in [-0.39, 0.29) is 5.69 Å². The van der Waals surface area contributed by atoms with Crippen molar-refractivity contribution in [1.29, 1.82) is 5.26 Å². The van der Waals surface area contributed by atoms with Crippen LogP contribution in [0.1, 0.15) is 5.56 Å². The molecular formula is C10H7F3N2. The molecule has 0 spiro atoms. The fourth-order valence-corrected chi connectivity index (χ4v) is 0.960. The quantitative estimate of drug-likeness (QED) is 0.764. The van der Waals surface area contributed by atoms with Gasteiger partial charge in [0.05, 0.1) is 11.6 Å². The summed E-state index contributed by atoms with van der Waals surface area (Å²) in [6, 6.07) is 6.46. The highest BCUT2D eigenvalue weighted by atomic mass is 19.4. The zero-order valence-electron chi connectivity index (χ0n) is 7.55. The van der Waals surface area contributed by atoms with E-state index in [0.717, 1.165) is 18.2 Å². The predicted molar refractivity (Wildman–Crippen MR) is 49.8 cm³/mol. The Kier molecular flexibility index (Phi) is 3.34. The van der Waals surface area contributed by atoms with Gasteiger partial charge in [-0.05, 0) is 18.2 Å². The third-order valence-corrected chi connectivity index (χ3v) is 1.60. The number of nitrogens with one attached hydrogen (secondary N) is 1. The lowest BCUT2D eigenvalue weighted by Crippen LogP contribution is -2.04. The first kappa shape index (κ1) is 11.1. The van der Waals surface area contributed by atoms with Crippen molar-refractivity contribution in [2.45, 2.75) is 6.18 Å². The summed E-state index contributed by atoms with van der Waals surface area (Å²) in [7, 11) is 0. The summed E-state index contributed by atoms with van der Waals surface area (Å²) in [6.45, 7) is 0. The van der Waals surface area contributed by atoms with Gasteiger partial charge in [-0.3, -0.25) is 0 Å². The van der Waals surface area contributed by atoms with Crippen LogP contribution in [0.2, 0.25) is 0 Å². The number of halogens is 3. The Balaban J connectivity index is 2.85. The summed E-state index contributed by atoms with van der Waals surface area (Å²) in [5.41, 5.74) is -0.436. The van der Waals surface area contributed by atoms with E-state index in [9.17, 15) is 13.2 Å². The summed E-state index contributed by atoms with van der Waals surface area (Å²) < 4.78 is 36.8. The second-order valence-electron chi connectivity index (χ2n) is 2.69. The number of benzene rings is 1. The Morgan fingerprint density at radius 3 is 2.67 bits per heavy atom. The van der Waals surface area contributed by atoms with Gasteiger partial charge in [0.15, 0.2) is 0 Å². The van der Waals surface area contributed by atoms with Crippen molar-refractivity contribution in [2.24, 2.45) is 0 Å². The molecule has 0 amide bonds. The molecule has 1 rings (SSSR count). The van der Waals surface area contributed by atoms with Gasteiger partial charge in [-0.15, -0.1) is 0 Å². The Hall–Kier alpha value is -1.96. The maximum Gasteiger partial charge on any atom is 0.416 e. The van der Waals surface area contributed by atoms with E-state index in [1.54, 1.807) is 6.07 Å². The number of nitriles is 1. The molecule has 1 aromatic rings. The molecule has 0 aliphatic carbocycles. The van der Waals surface area contributed by atoms with Gasteiger partial charge in [0, 0.05) is 18.0 Å². The van der Waals surface area contributed by atoms with E-state index in [1.807, 2.05) is 0 Å². The SMILES string of the molecule is N#CC=CNc1cccc(C(F)(F)F)c1. The van der Waals surface area contributed by atoms with Crippen molar-refractivity contribution in [1.82, 2.24) is 0 Å². The van der Waals surface area contributed by atoms with E-state index in [4.69, 9.17) is 5.26 Å². The highest BCUT2D eigenvalue weighted by molar-refractivity contribution is 5.48. The average molecular weight is 212 g/mol. The first-order valence-corrected chi connectivity index (χ1v) is 4.02. The van der Waals surface area contributed by atoms with Gasteiger partial charge < -0.3 is 5.32 Å². The molecular weight excluding hydrogens is 205 g/mol. The summed E-state index contributed by atoms with van der Waals surface area (Å²) in [4.78, 5) is 0. The predicted octanol–water partition coefficient (Wildman–Crippen LogP) is 3.15. The van der Waals surface area contributed by atoms with Crippen LogP contribution in [0.5, 0.6) is 0 Å². The van der Waals surface area contributed by atoms with Crippen molar-refractivity contribution in [3.8, 4) is 6.07 Å². The summed E-state index contributed by atoms with van der Waals surface area (Å²) in [5, 5.41) is 10.7. The lowest BCUT2D eigenvalue weighted by atomic mass is 10.2. The molecule has 1 N–H and O–H groups in total. The third-order valence-electron chi connectivity index (χ3n) is 1.60. The van der Waals surface area contributed by atoms with Gasteiger partial charge >= 0.3 is 6.18 Å². The van der Waals surface area contributed by atoms with Gasteiger partial charge in [0.1, 0.15) is 0 Å².